The van der Waals surface area contributed by atoms with E-state index in [9.17, 15) is 27.2 Å². The van der Waals surface area contributed by atoms with Crippen LogP contribution in [0.1, 0.15) is 61.5 Å². The molecule has 0 N–H and O–H groups in total. The number of pyridine rings is 2. The maximum absolute atomic E-state index is 15.4. The van der Waals surface area contributed by atoms with Crippen LogP contribution < -0.4 is 9.80 Å². The number of benzene rings is 2. The van der Waals surface area contributed by atoms with Gasteiger partial charge in [-0.25, -0.2) is 17.6 Å². The molecule has 2 heterocycles. The Morgan fingerprint density at radius 1 is 0.652 bits per heavy atom. The average molecular weight is 644 g/mol. The van der Waals surface area contributed by atoms with E-state index in [1.54, 1.807) is 90.0 Å². The molecular formula is C34H32F7N5. The molecule has 0 aliphatic carbocycles. The van der Waals surface area contributed by atoms with Crippen molar-refractivity contribution in [1.29, 1.82) is 5.26 Å². The highest BCUT2D eigenvalue weighted by Crippen LogP contribution is 2.41. The second-order valence-corrected chi connectivity index (χ2v) is 12.4. The zero-order valence-electron chi connectivity index (χ0n) is 26.5. The minimum Gasteiger partial charge on any atom is -0.378 e. The minimum absolute atomic E-state index is 0.0416. The molecule has 0 saturated heterocycles. The van der Waals surface area contributed by atoms with Crippen LogP contribution in [0.5, 0.6) is 0 Å². The fourth-order valence-corrected chi connectivity index (χ4v) is 5.06. The van der Waals surface area contributed by atoms with Gasteiger partial charge in [0, 0.05) is 61.5 Å². The predicted octanol–water partition coefficient (Wildman–Crippen LogP) is 8.37. The van der Waals surface area contributed by atoms with Gasteiger partial charge < -0.3 is 9.80 Å². The normalized spacial score (nSPS) is 12.2. The van der Waals surface area contributed by atoms with Gasteiger partial charge in [-0.05, 0) is 56.3 Å². The molecule has 0 amide bonds. The third-order valence-electron chi connectivity index (χ3n) is 8.10. The van der Waals surface area contributed by atoms with E-state index in [0.29, 0.717) is 34.5 Å². The summed E-state index contributed by atoms with van der Waals surface area (Å²) in [6.45, 7) is 6.90. The summed E-state index contributed by atoms with van der Waals surface area (Å²) in [5.41, 5.74) is -3.39. The molecule has 0 bridgehead atoms. The molecule has 0 unspecified atom stereocenters. The Kier molecular flexibility index (Phi) is 8.87. The number of hydrogen-bond acceptors (Lipinski definition) is 5. The lowest BCUT2D eigenvalue weighted by molar-refractivity contribution is -0.142. The third-order valence-corrected chi connectivity index (χ3v) is 8.10. The fraction of sp³-hybridized carbons (Fsp3) is 0.324. The van der Waals surface area contributed by atoms with Crippen molar-refractivity contribution in [3.8, 4) is 17.3 Å². The van der Waals surface area contributed by atoms with Gasteiger partial charge in [0.25, 0.3) is 0 Å². The van der Waals surface area contributed by atoms with Crippen LogP contribution in [0.15, 0.2) is 48.5 Å². The molecule has 2 aromatic carbocycles. The van der Waals surface area contributed by atoms with Crippen LogP contribution in [-0.4, -0.2) is 38.2 Å². The lowest BCUT2D eigenvalue weighted by Crippen LogP contribution is -2.29. The van der Waals surface area contributed by atoms with Gasteiger partial charge in [-0.2, -0.15) is 18.4 Å². The zero-order valence-corrected chi connectivity index (χ0v) is 26.5. The molecule has 0 spiro atoms. The van der Waals surface area contributed by atoms with Crippen molar-refractivity contribution in [2.75, 3.05) is 38.0 Å². The molecule has 0 atom stereocenters. The van der Waals surface area contributed by atoms with Crippen LogP contribution in [0.4, 0.5) is 42.1 Å². The monoisotopic (exact) mass is 643 g/mol. The van der Waals surface area contributed by atoms with Gasteiger partial charge >= 0.3 is 6.18 Å². The van der Waals surface area contributed by atoms with Crippen molar-refractivity contribution in [2.24, 2.45) is 0 Å². The number of hydrogen-bond donors (Lipinski definition) is 0. The SMILES string of the molecule is CN(C)c1cc(-c2ccc(F)c(C(F)(F)F)c2F)nc(C(C)(C)c2cc(N(C)C)cc(C(C)(C)c3ccc(F)c(C#N)c3F)n2)c1. The van der Waals surface area contributed by atoms with Crippen LogP contribution in [0.25, 0.3) is 11.3 Å². The summed E-state index contributed by atoms with van der Waals surface area (Å²) in [4.78, 5) is 12.9. The number of aromatic nitrogens is 2. The standard InChI is InChI=1S/C34H32F7N5/c1-32(2,22-10-12-23(35)21(17-42)30(22)37)26-15-19(46(7)8)16-28(44-26)33(3,4)27-14-18(45(5)6)13-25(43-27)20-9-11-24(36)29(31(20)38)34(39,40)41/h9-16H,1-8H3. The first-order chi connectivity index (χ1) is 21.2. The van der Waals surface area contributed by atoms with E-state index in [1.165, 1.54) is 12.1 Å². The summed E-state index contributed by atoms with van der Waals surface area (Å²) >= 11 is 0. The number of halogens is 7. The highest BCUT2D eigenvalue weighted by atomic mass is 19.4. The van der Waals surface area contributed by atoms with Crippen LogP contribution in [0.3, 0.4) is 0 Å². The van der Waals surface area contributed by atoms with Crippen molar-refractivity contribution in [3.63, 3.8) is 0 Å². The van der Waals surface area contributed by atoms with E-state index in [4.69, 9.17) is 4.98 Å². The number of rotatable bonds is 7. The first-order valence-corrected chi connectivity index (χ1v) is 14.1. The van der Waals surface area contributed by atoms with Gasteiger partial charge in [-0.1, -0.05) is 19.9 Å². The summed E-state index contributed by atoms with van der Waals surface area (Å²) in [7, 11) is 6.95. The largest absolute Gasteiger partial charge is 0.422 e. The zero-order chi connectivity index (χ0) is 34.5. The van der Waals surface area contributed by atoms with Gasteiger partial charge in [0.1, 0.15) is 40.5 Å². The lowest BCUT2D eigenvalue weighted by Gasteiger charge is -2.31. The van der Waals surface area contributed by atoms with Crippen molar-refractivity contribution < 1.29 is 30.7 Å². The Hall–Kier alpha value is -4.66. The molecule has 5 nitrogen and oxygen atoms in total. The van der Waals surface area contributed by atoms with Gasteiger partial charge in [-0.3, -0.25) is 9.97 Å². The number of nitriles is 1. The second kappa shape index (κ2) is 11.9. The highest BCUT2D eigenvalue weighted by Gasteiger charge is 2.39. The van der Waals surface area contributed by atoms with Crippen LogP contribution in [0, 0.1) is 34.6 Å². The summed E-state index contributed by atoms with van der Waals surface area (Å²) in [6, 6.07) is 11.9. The Labute approximate surface area is 262 Å². The van der Waals surface area contributed by atoms with E-state index in [0.717, 1.165) is 12.1 Å². The van der Waals surface area contributed by atoms with E-state index in [2.05, 4.69) is 4.98 Å². The topological polar surface area (TPSA) is 56.1 Å². The van der Waals surface area contributed by atoms with Crippen molar-refractivity contribution in [2.45, 2.75) is 44.7 Å². The third kappa shape index (κ3) is 6.10. The van der Waals surface area contributed by atoms with E-state index >= 15 is 8.78 Å². The molecule has 12 heteroatoms. The molecular weight excluding hydrogens is 611 g/mol. The first kappa shape index (κ1) is 34.2. The molecule has 46 heavy (non-hydrogen) atoms. The van der Waals surface area contributed by atoms with Gasteiger partial charge in [-0.15, -0.1) is 0 Å². The van der Waals surface area contributed by atoms with Crippen LogP contribution >= 0.6 is 0 Å². The van der Waals surface area contributed by atoms with Crippen LogP contribution in [0.2, 0.25) is 0 Å². The Balaban J connectivity index is 1.97. The number of anilines is 2. The summed E-state index contributed by atoms with van der Waals surface area (Å²) in [6.07, 6.45) is -5.27. The van der Waals surface area contributed by atoms with Crippen LogP contribution in [-0.2, 0) is 17.0 Å². The van der Waals surface area contributed by atoms with Gasteiger partial charge in [0.15, 0.2) is 0 Å². The molecule has 0 fully saturated rings. The Bertz CT molecular complexity index is 1850. The van der Waals surface area contributed by atoms with Gasteiger partial charge in [0.05, 0.1) is 22.8 Å². The molecule has 4 aromatic rings. The first-order valence-electron chi connectivity index (χ1n) is 14.1. The molecule has 0 radical (unpaired) electrons. The summed E-state index contributed by atoms with van der Waals surface area (Å²) in [5, 5.41) is 9.35. The van der Waals surface area contributed by atoms with Crippen molar-refractivity contribution >= 4 is 11.4 Å². The maximum Gasteiger partial charge on any atom is 0.422 e. The van der Waals surface area contributed by atoms with Gasteiger partial charge in [0.2, 0.25) is 0 Å². The molecule has 0 saturated carbocycles. The van der Waals surface area contributed by atoms with Crippen molar-refractivity contribution in [1.82, 2.24) is 9.97 Å². The smallest absolute Gasteiger partial charge is 0.378 e. The summed E-state index contributed by atoms with van der Waals surface area (Å²) < 4.78 is 99.7. The lowest BCUT2D eigenvalue weighted by atomic mass is 9.78. The molecule has 4 rings (SSSR count). The Morgan fingerprint density at radius 3 is 1.67 bits per heavy atom. The fourth-order valence-electron chi connectivity index (χ4n) is 5.06. The number of alkyl halides is 3. The molecule has 0 aliphatic heterocycles. The second-order valence-electron chi connectivity index (χ2n) is 12.4. The Morgan fingerprint density at radius 2 is 1.15 bits per heavy atom. The van der Waals surface area contributed by atoms with Crippen molar-refractivity contribution in [3.05, 3.63) is 106 Å². The maximum atomic E-state index is 15.4. The minimum atomic E-state index is -5.27. The van der Waals surface area contributed by atoms with E-state index in [-0.39, 0.29) is 11.3 Å². The molecule has 2 aromatic heterocycles. The van der Waals surface area contributed by atoms with E-state index < -0.39 is 57.0 Å². The number of nitrogens with zero attached hydrogens (tertiary/aromatic N) is 5. The average Bonchev–Trinajstić information content (AvgIpc) is 2.96. The highest BCUT2D eigenvalue weighted by molar-refractivity contribution is 5.68. The molecule has 242 valence electrons. The molecule has 0 aliphatic rings. The summed E-state index contributed by atoms with van der Waals surface area (Å²) in [5.74, 6) is -5.51. The predicted molar refractivity (Wildman–Crippen MR) is 163 cm³/mol. The quantitative estimate of drug-likeness (QED) is 0.190. The van der Waals surface area contributed by atoms with E-state index in [1.807, 2.05) is 0 Å².